The number of nitrogens with one attached hydrogen (secondary N) is 3. The number of aromatic nitrogens is 3. The van der Waals surface area contributed by atoms with E-state index in [2.05, 4.69) is 31.6 Å². The zero-order valence-corrected chi connectivity index (χ0v) is 15.6. The zero-order valence-electron chi connectivity index (χ0n) is 14.8. The summed E-state index contributed by atoms with van der Waals surface area (Å²) in [6.07, 6.45) is 5.63. The normalized spacial score (nSPS) is 20.1. The molecule has 2 aliphatic rings. The molecule has 4 rings (SSSR count). The number of carbonyl (C=O) groups excluding carboxylic acids is 1. The Kier molecular flexibility index (Phi) is 4.60. The van der Waals surface area contributed by atoms with E-state index in [1.807, 2.05) is 11.0 Å². The topological polar surface area (TPSA) is 120 Å². The lowest BCUT2D eigenvalue weighted by Gasteiger charge is -2.19. The van der Waals surface area contributed by atoms with Crippen LogP contribution in [-0.2, 0) is 14.8 Å². The molecule has 3 heterocycles. The molecule has 1 amide bonds. The Labute approximate surface area is 157 Å². The summed E-state index contributed by atoms with van der Waals surface area (Å²) in [4.78, 5) is 26.0. The van der Waals surface area contributed by atoms with Crippen LogP contribution in [0.2, 0.25) is 0 Å². The summed E-state index contributed by atoms with van der Waals surface area (Å²) in [6.45, 7) is 4.64. The van der Waals surface area contributed by atoms with Crippen molar-refractivity contribution < 1.29 is 13.2 Å². The molecule has 1 saturated carbocycles. The van der Waals surface area contributed by atoms with Crippen LogP contribution in [0.5, 0.6) is 0 Å². The highest BCUT2D eigenvalue weighted by molar-refractivity contribution is 7.89. The van der Waals surface area contributed by atoms with Gasteiger partial charge in [0.15, 0.2) is 0 Å². The van der Waals surface area contributed by atoms with Gasteiger partial charge in [-0.3, -0.25) is 10.1 Å². The second kappa shape index (κ2) is 6.93. The molecule has 2 aromatic heterocycles. The molecular formula is C17H22N6O3S. The van der Waals surface area contributed by atoms with Crippen LogP contribution in [0.3, 0.4) is 0 Å². The highest BCUT2D eigenvalue weighted by Crippen LogP contribution is 2.31. The van der Waals surface area contributed by atoms with Crippen LogP contribution >= 0.6 is 0 Å². The fourth-order valence-electron chi connectivity index (χ4n) is 3.29. The summed E-state index contributed by atoms with van der Waals surface area (Å²) >= 11 is 0. The maximum Gasteiger partial charge on any atom is 0.233 e. The molecule has 27 heavy (non-hydrogen) atoms. The average molecular weight is 390 g/mol. The van der Waals surface area contributed by atoms with Gasteiger partial charge in [-0.1, -0.05) is 6.08 Å². The molecule has 2 fully saturated rings. The number of anilines is 2. The maximum atomic E-state index is 12.1. The maximum absolute atomic E-state index is 12.1. The Balaban J connectivity index is 1.55. The van der Waals surface area contributed by atoms with Crippen LogP contribution < -0.4 is 14.9 Å². The fraction of sp³-hybridized carbons (Fsp3) is 0.471. The first kappa shape index (κ1) is 17.9. The lowest BCUT2D eigenvalue weighted by atomic mass is 10.3. The molecule has 0 spiro atoms. The van der Waals surface area contributed by atoms with Crippen molar-refractivity contribution >= 4 is 38.7 Å². The van der Waals surface area contributed by atoms with Gasteiger partial charge in [-0.2, -0.15) is 9.97 Å². The van der Waals surface area contributed by atoms with Crippen molar-refractivity contribution in [1.29, 1.82) is 0 Å². The number of carbonyl (C=O) groups is 1. The molecule has 9 nitrogen and oxygen atoms in total. The molecule has 0 aromatic carbocycles. The SMILES string of the molecule is C=CCS(=O)(=O)N[C@H]1CCN(c2nc(NC(=O)C3CC3)nc3[nH]ccc23)C1. The molecule has 1 aliphatic heterocycles. The van der Waals surface area contributed by atoms with Crippen LogP contribution in [0.15, 0.2) is 24.9 Å². The number of sulfonamides is 1. The number of hydrogen-bond donors (Lipinski definition) is 3. The summed E-state index contributed by atoms with van der Waals surface area (Å²) < 4.78 is 26.6. The second-order valence-corrected chi connectivity index (χ2v) is 8.79. The highest BCUT2D eigenvalue weighted by atomic mass is 32.2. The summed E-state index contributed by atoms with van der Waals surface area (Å²) in [6, 6.07) is 1.69. The minimum atomic E-state index is -3.37. The Morgan fingerprint density at radius 2 is 2.19 bits per heavy atom. The number of hydrogen-bond acceptors (Lipinski definition) is 6. The van der Waals surface area contributed by atoms with E-state index in [1.165, 1.54) is 6.08 Å². The first-order valence-electron chi connectivity index (χ1n) is 8.97. The van der Waals surface area contributed by atoms with Crippen LogP contribution in [0.25, 0.3) is 11.0 Å². The van der Waals surface area contributed by atoms with Gasteiger partial charge in [0.2, 0.25) is 21.9 Å². The minimum absolute atomic E-state index is 0.0525. The van der Waals surface area contributed by atoms with E-state index in [-0.39, 0.29) is 29.6 Å². The zero-order chi connectivity index (χ0) is 19.0. The van der Waals surface area contributed by atoms with Gasteiger partial charge in [-0.15, -0.1) is 6.58 Å². The first-order valence-corrected chi connectivity index (χ1v) is 10.6. The lowest BCUT2D eigenvalue weighted by molar-refractivity contribution is -0.117. The third kappa shape index (κ3) is 3.96. The molecule has 3 N–H and O–H groups in total. The summed E-state index contributed by atoms with van der Waals surface area (Å²) in [5.74, 6) is 0.872. The average Bonchev–Trinajstić information content (AvgIpc) is 3.19. The Morgan fingerprint density at radius 3 is 2.93 bits per heavy atom. The van der Waals surface area contributed by atoms with Crippen molar-refractivity contribution in [1.82, 2.24) is 19.7 Å². The smallest absolute Gasteiger partial charge is 0.233 e. The summed E-state index contributed by atoms with van der Waals surface area (Å²) in [5.41, 5.74) is 0.641. The second-order valence-electron chi connectivity index (χ2n) is 6.99. The van der Waals surface area contributed by atoms with Crippen molar-refractivity contribution in [2.24, 2.45) is 5.92 Å². The predicted octanol–water partition coefficient (Wildman–Crippen LogP) is 0.990. The molecule has 10 heteroatoms. The molecule has 144 valence electrons. The molecule has 0 unspecified atom stereocenters. The standard InChI is InChI=1S/C17H22N6O3S/c1-2-9-27(25,26)22-12-6-8-23(10-12)15-13-5-7-18-14(13)19-17(20-15)21-16(24)11-3-4-11/h2,5,7,11-12,22H,1,3-4,6,8-10H2,(H2,18,19,20,21,24)/t12-/m0/s1. The van der Waals surface area contributed by atoms with Gasteiger partial charge in [0.05, 0.1) is 11.1 Å². The molecule has 0 bridgehead atoms. The van der Waals surface area contributed by atoms with Crippen molar-refractivity contribution in [3.8, 4) is 0 Å². The van der Waals surface area contributed by atoms with Crippen LogP contribution in [0.4, 0.5) is 11.8 Å². The largest absolute Gasteiger partial charge is 0.354 e. The molecule has 1 aliphatic carbocycles. The summed E-state index contributed by atoms with van der Waals surface area (Å²) in [5, 5.41) is 3.63. The van der Waals surface area contributed by atoms with Gasteiger partial charge in [0.25, 0.3) is 0 Å². The van der Waals surface area contributed by atoms with Crippen molar-refractivity contribution in [3.63, 3.8) is 0 Å². The van der Waals surface area contributed by atoms with Gasteiger partial charge >= 0.3 is 0 Å². The Bertz CT molecular complexity index is 982. The fourth-order valence-corrected chi connectivity index (χ4v) is 4.39. The predicted molar refractivity (Wildman–Crippen MR) is 103 cm³/mol. The lowest BCUT2D eigenvalue weighted by Crippen LogP contribution is -2.38. The van der Waals surface area contributed by atoms with Gasteiger partial charge in [-0.05, 0) is 25.3 Å². The van der Waals surface area contributed by atoms with Crippen molar-refractivity contribution in [2.45, 2.75) is 25.3 Å². The number of fused-ring (bicyclic) bond motifs is 1. The van der Waals surface area contributed by atoms with Gasteiger partial charge in [-0.25, -0.2) is 13.1 Å². The number of H-pyrrole nitrogens is 1. The number of amides is 1. The Morgan fingerprint density at radius 1 is 1.37 bits per heavy atom. The number of nitrogens with zero attached hydrogens (tertiary/aromatic N) is 3. The monoisotopic (exact) mass is 390 g/mol. The van der Waals surface area contributed by atoms with Crippen LogP contribution in [0, 0.1) is 5.92 Å². The van der Waals surface area contributed by atoms with Crippen LogP contribution in [-0.4, -0.2) is 54.2 Å². The third-order valence-electron chi connectivity index (χ3n) is 4.75. The molecular weight excluding hydrogens is 368 g/mol. The van der Waals surface area contributed by atoms with E-state index >= 15 is 0 Å². The number of rotatable bonds is 7. The van der Waals surface area contributed by atoms with Gasteiger partial charge < -0.3 is 9.88 Å². The first-order chi connectivity index (χ1) is 12.9. The van der Waals surface area contributed by atoms with Gasteiger partial charge in [0.1, 0.15) is 11.5 Å². The quantitative estimate of drug-likeness (QED) is 0.607. The van der Waals surface area contributed by atoms with E-state index in [1.54, 1.807) is 6.20 Å². The molecule has 1 saturated heterocycles. The minimum Gasteiger partial charge on any atom is -0.354 e. The van der Waals surface area contributed by atoms with Crippen LogP contribution in [0.1, 0.15) is 19.3 Å². The van der Waals surface area contributed by atoms with E-state index < -0.39 is 10.0 Å². The summed E-state index contributed by atoms with van der Waals surface area (Å²) in [7, 11) is -3.37. The van der Waals surface area contributed by atoms with Crippen molar-refractivity contribution in [2.75, 3.05) is 29.1 Å². The molecule has 0 radical (unpaired) electrons. The van der Waals surface area contributed by atoms with E-state index in [0.717, 1.165) is 18.2 Å². The Hall–Kier alpha value is -2.46. The molecule has 1 atom stereocenters. The van der Waals surface area contributed by atoms with Gasteiger partial charge in [0, 0.05) is 31.2 Å². The van der Waals surface area contributed by atoms with Crippen molar-refractivity contribution in [3.05, 3.63) is 24.9 Å². The van der Waals surface area contributed by atoms with E-state index in [4.69, 9.17) is 0 Å². The highest BCUT2D eigenvalue weighted by Gasteiger charge is 2.31. The van der Waals surface area contributed by atoms with E-state index in [0.29, 0.717) is 31.0 Å². The number of aromatic amines is 1. The third-order valence-corrected chi connectivity index (χ3v) is 6.12. The molecule has 2 aromatic rings. The van der Waals surface area contributed by atoms with E-state index in [9.17, 15) is 13.2 Å².